The largest absolute Gasteiger partial charge is 0.466 e. The molecule has 0 bridgehead atoms. The van der Waals surface area contributed by atoms with E-state index in [1.165, 1.54) is 0 Å². The first-order valence-corrected chi connectivity index (χ1v) is 6.80. The summed E-state index contributed by atoms with van der Waals surface area (Å²) < 4.78 is 10.3. The third kappa shape index (κ3) is 3.45. The molecule has 0 N–H and O–H groups in total. The molecular weight excluding hydrogens is 234 g/mol. The van der Waals surface area contributed by atoms with Gasteiger partial charge in [0.05, 0.1) is 13.0 Å². The maximum atomic E-state index is 12.2. The third-order valence-corrected chi connectivity index (χ3v) is 3.34. The summed E-state index contributed by atoms with van der Waals surface area (Å²) in [6.07, 6.45) is 3.84. The van der Waals surface area contributed by atoms with E-state index in [1.807, 2.05) is 4.90 Å². The number of hydrogen-bond donors (Lipinski definition) is 0. The maximum absolute atomic E-state index is 12.2. The van der Waals surface area contributed by atoms with Gasteiger partial charge < -0.3 is 14.4 Å². The molecule has 18 heavy (non-hydrogen) atoms. The summed E-state index contributed by atoms with van der Waals surface area (Å²) in [5, 5.41) is 0. The van der Waals surface area contributed by atoms with Crippen molar-refractivity contribution in [1.29, 1.82) is 0 Å². The van der Waals surface area contributed by atoms with Gasteiger partial charge in [0.2, 0.25) is 0 Å². The molecule has 1 aliphatic carbocycles. The first kappa shape index (κ1) is 13.3. The van der Waals surface area contributed by atoms with Crippen LogP contribution in [-0.4, -0.2) is 48.7 Å². The molecule has 102 valence electrons. The first-order valence-electron chi connectivity index (χ1n) is 6.80. The summed E-state index contributed by atoms with van der Waals surface area (Å²) in [4.78, 5) is 25.4. The van der Waals surface area contributed by atoms with Crippen LogP contribution in [0, 0.1) is 0 Å². The number of nitrogens with zero attached hydrogens (tertiary/aromatic N) is 1. The molecule has 0 spiro atoms. The fourth-order valence-corrected chi connectivity index (χ4v) is 2.26. The summed E-state index contributed by atoms with van der Waals surface area (Å²) in [6, 6.07) is 0.316. The van der Waals surface area contributed by atoms with Gasteiger partial charge in [-0.1, -0.05) is 0 Å². The van der Waals surface area contributed by atoms with Crippen LogP contribution in [0.3, 0.4) is 0 Å². The van der Waals surface area contributed by atoms with Crippen LogP contribution in [0.4, 0.5) is 0 Å². The lowest BCUT2D eigenvalue weighted by molar-refractivity contribution is -0.146. The first-order chi connectivity index (χ1) is 8.72. The maximum Gasteiger partial charge on any atom is 0.307 e. The fraction of sp³-hybridized carbons (Fsp3) is 0.846. The molecule has 2 aliphatic rings. The predicted molar refractivity (Wildman–Crippen MR) is 65.0 cm³/mol. The highest BCUT2D eigenvalue weighted by molar-refractivity contribution is 5.82. The van der Waals surface area contributed by atoms with Crippen molar-refractivity contribution in [2.24, 2.45) is 0 Å². The Morgan fingerprint density at radius 2 is 2.11 bits per heavy atom. The minimum absolute atomic E-state index is 0.0549. The number of carbonyl (C=O) groups excluding carboxylic acids is 2. The van der Waals surface area contributed by atoms with Crippen molar-refractivity contribution < 1.29 is 19.1 Å². The van der Waals surface area contributed by atoms with Gasteiger partial charge in [-0.25, -0.2) is 0 Å². The van der Waals surface area contributed by atoms with Crippen LogP contribution < -0.4 is 0 Å². The Labute approximate surface area is 107 Å². The zero-order chi connectivity index (χ0) is 13.0. The second kappa shape index (κ2) is 6.18. The molecule has 5 heteroatoms. The molecular formula is C13H21NO4. The number of hydrogen-bond acceptors (Lipinski definition) is 4. The van der Waals surface area contributed by atoms with E-state index in [1.54, 1.807) is 6.92 Å². The third-order valence-electron chi connectivity index (χ3n) is 3.34. The van der Waals surface area contributed by atoms with E-state index in [-0.39, 0.29) is 24.4 Å². The van der Waals surface area contributed by atoms with Gasteiger partial charge in [0.1, 0.15) is 6.10 Å². The highest BCUT2D eigenvalue weighted by Crippen LogP contribution is 2.29. The van der Waals surface area contributed by atoms with Gasteiger partial charge in [-0.2, -0.15) is 0 Å². The quantitative estimate of drug-likeness (QED) is 0.667. The average molecular weight is 255 g/mol. The average Bonchev–Trinajstić information content (AvgIpc) is 3.04. The van der Waals surface area contributed by atoms with Crippen molar-refractivity contribution in [3.05, 3.63) is 0 Å². The molecule has 0 aromatic heterocycles. The standard InChI is InChI=1S/C13H21NO4/c1-2-17-12(15)7-8-14(10-5-6-10)13(16)11-4-3-9-18-11/h10-11H,2-9H2,1H3. The molecule has 1 saturated heterocycles. The van der Waals surface area contributed by atoms with Gasteiger partial charge in [-0.3, -0.25) is 9.59 Å². The van der Waals surface area contributed by atoms with Gasteiger partial charge in [0.25, 0.3) is 5.91 Å². The summed E-state index contributed by atoms with van der Waals surface area (Å²) in [5.41, 5.74) is 0. The Balaban J connectivity index is 1.83. The molecule has 1 heterocycles. The minimum atomic E-state index is -0.284. The van der Waals surface area contributed by atoms with Crippen LogP contribution in [0.2, 0.25) is 0 Å². The van der Waals surface area contributed by atoms with E-state index < -0.39 is 0 Å². The van der Waals surface area contributed by atoms with Gasteiger partial charge in [0, 0.05) is 19.2 Å². The lowest BCUT2D eigenvalue weighted by Crippen LogP contribution is -2.41. The molecule has 0 aromatic carbocycles. The highest BCUT2D eigenvalue weighted by Gasteiger charge is 2.37. The van der Waals surface area contributed by atoms with Gasteiger partial charge in [-0.15, -0.1) is 0 Å². The molecule has 0 aromatic rings. The molecule has 0 radical (unpaired) electrons. The molecule has 1 saturated carbocycles. The van der Waals surface area contributed by atoms with Crippen molar-refractivity contribution in [1.82, 2.24) is 4.90 Å². The Morgan fingerprint density at radius 1 is 1.33 bits per heavy atom. The molecule has 2 rings (SSSR count). The van der Waals surface area contributed by atoms with E-state index in [2.05, 4.69) is 0 Å². The number of rotatable bonds is 6. The highest BCUT2D eigenvalue weighted by atomic mass is 16.5. The minimum Gasteiger partial charge on any atom is -0.466 e. The Kier molecular flexibility index (Phi) is 4.58. The zero-order valence-corrected chi connectivity index (χ0v) is 10.9. The van der Waals surface area contributed by atoms with E-state index in [0.29, 0.717) is 25.8 Å². The van der Waals surface area contributed by atoms with E-state index in [9.17, 15) is 9.59 Å². The molecule has 1 aliphatic heterocycles. The predicted octanol–water partition coefficient (Wildman–Crippen LogP) is 1.11. The van der Waals surface area contributed by atoms with Crippen LogP contribution in [-0.2, 0) is 19.1 Å². The SMILES string of the molecule is CCOC(=O)CCN(C(=O)C1CCCO1)C1CC1. The Hall–Kier alpha value is -1.10. The van der Waals surface area contributed by atoms with Crippen LogP contribution in [0.1, 0.15) is 39.0 Å². The summed E-state index contributed by atoms with van der Waals surface area (Å²) in [6.45, 7) is 3.31. The van der Waals surface area contributed by atoms with Crippen molar-refractivity contribution >= 4 is 11.9 Å². The van der Waals surface area contributed by atoms with Crippen LogP contribution in [0.15, 0.2) is 0 Å². The summed E-state index contributed by atoms with van der Waals surface area (Å²) in [5.74, 6) is -0.178. The van der Waals surface area contributed by atoms with Crippen molar-refractivity contribution in [3.63, 3.8) is 0 Å². The van der Waals surface area contributed by atoms with Crippen molar-refractivity contribution in [2.45, 2.75) is 51.2 Å². The number of ether oxygens (including phenoxy) is 2. The summed E-state index contributed by atoms with van der Waals surface area (Å²) in [7, 11) is 0. The Bertz CT molecular complexity index is 308. The van der Waals surface area contributed by atoms with Crippen molar-refractivity contribution in [3.8, 4) is 0 Å². The topological polar surface area (TPSA) is 55.8 Å². The molecule has 1 atom stereocenters. The smallest absolute Gasteiger partial charge is 0.307 e. The van der Waals surface area contributed by atoms with E-state index in [0.717, 1.165) is 25.7 Å². The number of carbonyl (C=O) groups is 2. The summed E-state index contributed by atoms with van der Waals surface area (Å²) >= 11 is 0. The Morgan fingerprint density at radius 3 is 2.67 bits per heavy atom. The van der Waals surface area contributed by atoms with Gasteiger partial charge in [-0.05, 0) is 32.6 Å². The van der Waals surface area contributed by atoms with E-state index >= 15 is 0 Å². The molecule has 1 unspecified atom stereocenters. The number of amides is 1. The van der Waals surface area contributed by atoms with Gasteiger partial charge >= 0.3 is 5.97 Å². The fourth-order valence-electron chi connectivity index (χ4n) is 2.26. The zero-order valence-electron chi connectivity index (χ0n) is 10.9. The normalized spacial score (nSPS) is 22.8. The molecule has 5 nitrogen and oxygen atoms in total. The second-order valence-corrected chi connectivity index (χ2v) is 4.82. The van der Waals surface area contributed by atoms with Gasteiger partial charge in [0.15, 0.2) is 0 Å². The monoisotopic (exact) mass is 255 g/mol. The van der Waals surface area contributed by atoms with E-state index in [4.69, 9.17) is 9.47 Å². The molecule has 2 fully saturated rings. The molecule has 1 amide bonds. The van der Waals surface area contributed by atoms with Crippen LogP contribution >= 0.6 is 0 Å². The van der Waals surface area contributed by atoms with Crippen LogP contribution in [0.5, 0.6) is 0 Å². The lowest BCUT2D eigenvalue weighted by Gasteiger charge is -2.24. The van der Waals surface area contributed by atoms with Crippen LogP contribution in [0.25, 0.3) is 0 Å². The lowest BCUT2D eigenvalue weighted by atomic mass is 10.2. The van der Waals surface area contributed by atoms with Crippen molar-refractivity contribution in [2.75, 3.05) is 19.8 Å². The number of esters is 1. The second-order valence-electron chi connectivity index (χ2n) is 4.82.